The van der Waals surface area contributed by atoms with Gasteiger partial charge in [0.2, 0.25) is 17.2 Å². The standard InChI is InChI=1S/C9H12ClN7/c1-5-6(4-13-17(5)2)3-12-9-15-7(10)14-8(11)16-9/h4H,3H2,1-2H3,(H3,11,12,14,15,16). The van der Waals surface area contributed by atoms with E-state index in [0.29, 0.717) is 12.5 Å². The molecule has 0 atom stereocenters. The normalized spacial score (nSPS) is 10.5. The van der Waals surface area contributed by atoms with Crippen molar-refractivity contribution in [3.8, 4) is 0 Å². The van der Waals surface area contributed by atoms with Crippen LogP contribution >= 0.6 is 11.6 Å². The van der Waals surface area contributed by atoms with Gasteiger partial charge in [0, 0.05) is 24.8 Å². The van der Waals surface area contributed by atoms with Gasteiger partial charge in [-0.1, -0.05) is 0 Å². The van der Waals surface area contributed by atoms with Crippen molar-refractivity contribution >= 4 is 23.5 Å². The molecular weight excluding hydrogens is 242 g/mol. The quantitative estimate of drug-likeness (QED) is 0.839. The molecule has 0 unspecified atom stereocenters. The van der Waals surface area contributed by atoms with Gasteiger partial charge in [-0.05, 0) is 18.5 Å². The molecule has 0 aliphatic rings. The van der Waals surface area contributed by atoms with Crippen LogP contribution in [0.3, 0.4) is 0 Å². The minimum atomic E-state index is 0.0721. The Labute approximate surface area is 103 Å². The number of nitrogen functional groups attached to an aromatic ring is 1. The molecule has 0 spiro atoms. The number of hydrogen-bond donors (Lipinski definition) is 2. The van der Waals surface area contributed by atoms with Crippen LogP contribution in [0, 0.1) is 6.92 Å². The predicted molar refractivity (Wildman–Crippen MR) is 64.5 cm³/mol. The Morgan fingerprint density at radius 1 is 1.41 bits per heavy atom. The number of anilines is 2. The molecule has 0 aliphatic heterocycles. The van der Waals surface area contributed by atoms with E-state index in [0.717, 1.165) is 11.3 Å². The lowest BCUT2D eigenvalue weighted by Crippen LogP contribution is -2.07. The Hall–Kier alpha value is -1.89. The number of aryl methyl sites for hydroxylation is 1. The van der Waals surface area contributed by atoms with Crippen molar-refractivity contribution in [3.05, 3.63) is 22.7 Å². The number of nitrogens with zero attached hydrogens (tertiary/aromatic N) is 5. The lowest BCUT2D eigenvalue weighted by molar-refractivity contribution is 0.738. The monoisotopic (exact) mass is 253 g/mol. The molecule has 17 heavy (non-hydrogen) atoms. The van der Waals surface area contributed by atoms with Gasteiger partial charge >= 0.3 is 0 Å². The summed E-state index contributed by atoms with van der Waals surface area (Å²) in [7, 11) is 1.89. The highest BCUT2D eigenvalue weighted by Crippen LogP contribution is 2.10. The van der Waals surface area contributed by atoms with Crippen LogP contribution in [0.15, 0.2) is 6.20 Å². The molecule has 2 rings (SSSR count). The third-order valence-corrected chi connectivity index (χ3v) is 2.57. The van der Waals surface area contributed by atoms with Crippen molar-refractivity contribution in [1.29, 1.82) is 0 Å². The van der Waals surface area contributed by atoms with Crippen LogP contribution < -0.4 is 11.1 Å². The second-order valence-corrected chi connectivity index (χ2v) is 3.86. The minimum Gasteiger partial charge on any atom is -0.368 e. The van der Waals surface area contributed by atoms with Gasteiger partial charge in [0.25, 0.3) is 0 Å². The fraction of sp³-hybridized carbons (Fsp3) is 0.333. The molecule has 0 aromatic carbocycles. The first-order valence-corrected chi connectivity index (χ1v) is 5.32. The summed E-state index contributed by atoms with van der Waals surface area (Å²) in [5, 5.41) is 7.23. The third-order valence-electron chi connectivity index (χ3n) is 2.40. The highest BCUT2D eigenvalue weighted by molar-refractivity contribution is 6.28. The number of hydrogen-bond acceptors (Lipinski definition) is 6. The molecular formula is C9H12ClN7. The van der Waals surface area contributed by atoms with Gasteiger partial charge < -0.3 is 11.1 Å². The average Bonchev–Trinajstić information content (AvgIpc) is 2.56. The Balaban J connectivity index is 2.09. The molecule has 7 nitrogen and oxygen atoms in total. The van der Waals surface area contributed by atoms with E-state index in [9.17, 15) is 0 Å². The molecule has 2 aromatic rings. The van der Waals surface area contributed by atoms with E-state index in [-0.39, 0.29) is 11.2 Å². The number of aromatic nitrogens is 5. The fourth-order valence-corrected chi connectivity index (χ4v) is 1.50. The Morgan fingerprint density at radius 3 is 2.76 bits per heavy atom. The van der Waals surface area contributed by atoms with Gasteiger partial charge in [-0.3, -0.25) is 4.68 Å². The van der Waals surface area contributed by atoms with Crippen LogP contribution in [0.4, 0.5) is 11.9 Å². The van der Waals surface area contributed by atoms with Gasteiger partial charge in [0.05, 0.1) is 6.20 Å². The number of nitrogens with two attached hydrogens (primary N) is 1. The summed E-state index contributed by atoms with van der Waals surface area (Å²) in [6, 6.07) is 0. The predicted octanol–water partition coefficient (Wildman–Crippen LogP) is 0.761. The van der Waals surface area contributed by atoms with E-state index in [4.69, 9.17) is 17.3 Å². The first kappa shape index (κ1) is 11.6. The largest absolute Gasteiger partial charge is 0.368 e. The number of halogens is 1. The van der Waals surface area contributed by atoms with E-state index in [1.165, 1.54) is 0 Å². The molecule has 0 aliphatic carbocycles. The second-order valence-electron chi connectivity index (χ2n) is 3.52. The van der Waals surface area contributed by atoms with Gasteiger partial charge in [-0.15, -0.1) is 0 Å². The molecule has 2 aromatic heterocycles. The van der Waals surface area contributed by atoms with Gasteiger partial charge in [0.15, 0.2) is 0 Å². The lowest BCUT2D eigenvalue weighted by atomic mass is 10.2. The van der Waals surface area contributed by atoms with Crippen LogP contribution in [-0.2, 0) is 13.6 Å². The zero-order chi connectivity index (χ0) is 12.4. The highest BCUT2D eigenvalue weighted by Gasteiger charge is 2.05. The molecule has 0 amide bonds. The van der Waals surface area contributed by atoms with Crippen molar-refractivity contribution in [2.75, 3.05) is 11.1 Å². The molecule has 0 bridgehead atoms. The smallest absolute Gasteiger partial charge is 0.229 e. The van der Waals surface area contributed by atoms with Crippen LogP contribution in [0.1, 0.15) is 11.3 Å². The Bertz CT molecular complexity index is 516. The summed E-state index contributed by atoms with van der Waals surface area (Å²) in [5.74, 6) is 0.446. The van der Waals surface area contributed by atoms with Crippen molar-refractivity contribution in [1.82, 2.24) is 24.7 Å². The SMILES string of the molecule is Cc1c(CNc2nc(N)nc(Cl)n2)cnn1C. The zero-order valence-corrected chi connectivity index (χ0v) is 10.2. The van der Waals surface area contributed by atoms with Gasteiger partial charge in [0.1, 0.15) is 0 Å². The molecule has 0 saturated heterocycles. The third kappa shape index (κ3) is 2.62. The highest BCUT2D eigenvalue weighted by atomic mass is 35.5. The minimum absolute atomic E-state index is 0.0721. The molecule has 0 saturated carbocycles. The summed E-state index contributed by atoms with van der Waals surface area (Å²) in [6.45, 7) is 2.54. The summed E-state index contributed by atoms with van der Waals surface area (Å²) in [5.41, 5.74) is 7.59. The van der Waals surface area contributed by atoms with Crippen LogP contribution in [0.5, 0.6) is 0 Å². The maximum atomic E-state index is 5.67. The van der Waals surface area contributed by atoms with E-state index in [1.54, 1.807) is 10.9 Å². The Morgan fingerprint density at radius 2 is 2.18 bits per heavy atom. The van der Waals surface area contributed by atoms with Crippen LogP contribution in [0.2, 0.25) is 5.28 Å². The molecule has 0 fully saturated rings. The van der Waals surface area contributed by atoms with Crippen molar-refractivity contribution < 1.29 is 0 Å². The average molecular weight is 254 g/mol. The maximum absolute atomic E-state index is 5.67. The van der Waals surface area contributed by atoms with E-state index in [1.807, 2.05) is 14.0 Å². The molecule has 0 radical (unpaired) electrons. The van der Waals surface area contributed by atoms with E-state index < -0.39 is 0 Å². The topological polar surface area (TPSA) is 94.5 Å². The first-order valence-electron chi connectivity index (χ1n) is 4.94. The molecule has 8 heteroatoms. The second kappa shape index (κ2) is 4.54. The van der Waals surface area contributed by atoms with Gasteiger partial charge in [-0.25, -0.2) is 0 Å². The number of nitrogens with one attached hydrogen (secondary N) is 1. The van der Waals surface area contributed by atoms with E-state index in [2.05, 4.69) is 25.4 Å². The fourth-order valence-electron chi connectivity index (χ4n) is 1.34. The van der Waals surface area contributed by atoms with Crippen molar-refractivity contribution in [3.63, 3.8) is 0 Å². The zero-order valence-electron chi connectivity index (χ0n) is 9.48. The summed E-state index contributed by atoms with van der Waals surface area (Å²) >= 11 is 5.67. The van der Waals surface area contributed by atoms with Crippen LogP contribution in [-0.4, -0.2) is 24.7 Å². The van der Waals surface area contributed by atoms with Crippen molar-refractivity contribution in [2.24, 2.45) is 7.05 Å². The van der Waals surface area contributed by atoms with Gasteiger partial charge in [-0.2, -0.15) is 20.1 Å². The lowest BCUT2D eigenvalue weighted by Gasteiger charge is -2.04. The molecule has 90 valence electrons. The molecule has 3 N–H and O–H groups in total. The number of rotatable bonds is 3. The summed E-state index contributed by atoms with van der Waals surface area (Å²) in [6.07, 6.45) is 1.79. The molecule has 2 heterocycles. The first-order chi connectivity index (χ1) is 8.06. The summed E-state index contributed by atoms with van der Waals surface area (Å²) in [4.78, 5) is 11.5. The van der Waals surface area contributed by atoms with Crippen LogP contribution in [0.25, 0.3) is 0 Å². The maximum Gasteiger partial charge on any atom is 0.229 e. The Kier molecular flexibility index (Phi) is 3.10. The van der Waals surface area contributed by atoms with E-state index >= 15 is 0 Å². The van der Waals surface area contributed by atoms with Crippen molar-refractivity contribution in [2.45, 2.75) is 13.5 Å². The summed E-state index contributed by atoms with van der Waals surface area (Å²) < 4.78 is 1.80.